The van der Waals surface area contributed by atoms with E-state index < -0.39 is 0 Å². The van der Waals surface area contributed by atoms with Crippen molar-refractivity contribution in [1.82, 2.24) is 14.7 Å². The van der Waals surface area contributed by atoms with E-state index in [1.54, 1.807) is 16.8 Å². The summed E-state index contributed by atoms with van der Waals surface area (Å²) in [6.07, 6.45) is 6.20. The zero-order valence-electron chi connectivity index (χ0n) is 13.8. The standard InChI is InChI=1S/C20H20FN3O/c21-17-4-2-5-19(10-17)24-14-16(11-22-24)13-23(18-7-8-18)12-15-3-1-6-20(25)9-15/h1-6,9-11,14,18,25H,7-8,12-13H2. The number of benzene rings is 2. The van der Waals surface area contributed by atoms with Crippen LogP contribution < -0.4 is 0 Å². The van der Waals surface area contributed by atoms with Gasteiger partial charge in [-0.05, 0) is 48.7 Å². The van der Waals surface area contributed by atoms with E-state index in [9.17, 15) is 9.50 Å². The molecule has 5 heteroatoms. The predicted molar refractivity (Wildman–Crippen MR) is 93.9 cm³/mol. The van der Waals surface area contributed by atoms with Crippen molar-refractivity contribution in [2.75, 3.05) is 0 Å². The largest absolute Gasteiger partial charge is 0.508 e. The van der Waals surface area contributed by atoms with Gasteiger partial charge in [0.1, 0.15) is 11.6 Å². The van der Waals surface area contributed by atoms with Crippen LogP contribution in [0.4, 0.5) is 4.39 Å². The lowest BCUT2D eigenvalue weighted by Gasteiger charge is -2.21. The second-order valence-electron chi connectivity index (χ2n) is 6.58. The predicted octanol–water partition coefficient (Wildman–Crippen LogP) is 3.88. The molecular formula is C20H20FN3O. The molecule has 2 aromatic carbocycles. The van der Waals surface area contributed by atoms with Crippen LogP contribution in [0.3, 0.4) is 0 Å². The molecule has 0 atom stereocenters. The second kappa shape index (κ2) is 6.69. The van der Waals surface area contributed by atoms with E-state index in [2.05, 4.69) is 10.00 Å². The summed E-state index contributed by atoms with van der Waals surface area (Å²) in [6.45, 7) is 1.58. The monoisotopic (exact) mass is 337 g/mol. The third kappa shape index (κ3) is 3.88. The molecule has 1 aliphatic rings. The van der Waals surface area contributed by atoms with E-state index in [0.29, 0.717) is 11.8 Å². The maximum atomic E-state index is 13.4. The number of aromatic nitrogens is 2. The number of phenols is 1. The van der Waals surface area contributed by atoms with Gasteiger partial charge in [-0.3, -0.25) is 4.90 Å². The first-order valence-electron chi connectivity index (χ1n) is 8.49. The van der Waals surface area contributed by atoms with Crippen molar-refractivity contribution in [1.29, 1.82) is 0 Å². The summed E-state index contributed by atoms with van der Waals surface area (Å²) >= 11 is 0. The lowest BCUT2D eigenvalue weighted by molar-refractivity contribution is 0.245. The van der Waals surface area contributed by atoms with E-state index in [1.807, 2.05) is 36.7 Å². The molecule has 1 aromatic heterocycles. The fraction of sp³-hybridized carbons (Fsp3) is 0.250. The second-order valence-corrected chi connectivity index (χ2v) is 6.58. The molecule has 128 valence electrons. The molecule has 0 aliphatic heterocycles. The Morgan fingerprint density at radius 1 is 1.08 bits per heavy atom. The highest BCUT2D eigenvalue weighted by Crippen LogP contribution is 2.30. The summed E-state index contributed by atoms with van der Waals surface area (Å²) in [5, 5.41) is 14.0. The molecule has 25 heavy (non-hydrogen) atoms. The number of phenolic OH excluding ortho intramolecular Hbond substituents is 1. The van der Waals surface area contributed by atoms with Crippen LogP contribution in [0, 0.1) is 5.82 Å². The van der Waals surface area contributed by atoms with Crippen LogP contribution in [-0.2, 0) is 13.1 Å². The Kier molecular flexibility index (Phi) is 4.24. The minimum Gasteiger partial charge on any atom is -0.508 e. The van der Waals surface area contributed by atoms with Gasteiger partial charge in [-0.1, -0.05) is 18.2 Å². The first kappa shape index (κ1) is 15.8. The Labute approximate surface area is 146 Å². The van der Waals surface area contributed by atoms with E-state index >= 15 is 0 Å². The molecule has 0 amide bonds. The summed E-state index contributed by atoms with van der Waals surface area (Å²) in [4.78, 5) is 2.40. The fourth-order valence-corrected chi connectivity index (χ4v) is 3.08. The molecule has 1 heterocycles. The molecular weight excluding hydrogens is 317 g/mol. The Bertz CT molecular complexity index is 873. The molecule has 1 N–H and O–H groups in total. The van der Waals surface area contributed by atoms with E-state index in [-0.39, 0.29) is 5.82 Å². The molecule has 0 spiro atoms. The molecule has 1 aliphatic carbocycles. The number of nitrogens with zero attached hydrogens (tertiary/aromatic N) is 3. The van der Waals surface area contributed by atoms with E-state index in [0.717, 1.165) is 29.9 Å². The highest BCUT2D eigenvalue weighted by atomic mass is 19.1. The molecule has 4 rings (SSSR count). The number of rotatable bonds is 6. The highest BCUT2D eigenvalue weighted by Gasteiger charge is 2.29. The third-order valence-corrected chi connectivity index (χ3v) is 4.45. The first-order chi connectivity index (χ1) is 12.2. The van der Waals surface area contributed by atoms with E-state index in [4.69, 9.17) is 0 Å². The average Bonchev–Trinajstić information content (AvgIpc) is 3.34. The fourth-order valence-electron chi connectivity index (χ4n) is 3.08. The van der Waals surface area contributed by atoms with Crippen LogP contribution >= 0.6 is 0 Å². The summed E-state index contributed by atoms with van der Waals surface area (Å²) < 4.78 is 15.1. The van der Waals surface area contributed by atoms with Gasteiger partial charge in [0.25, 0.3) is 0 Å². The molecule has 0 unspecified atom stereocenters. The maximum Gasteiger partial charge on any atom is 0.125 e. The molecule has 0 radical (unpaired) electrons. The molecule has 3 aromatic rings. The average molecular weight is 337 g/mol. The molecule has 1 saturated carbocycles. The lowest BCUT2D eigenvalue weighted by Crippen LogP contribution is -2.24. The SMILES string of the molecule is Oc1cccc(CN(Cc2cnn(-c3cccc(F)c3)c2)C2CC2)c1. The van der Waals surface area contributed by atoms with Gasteiger partial charge in [0.05, 0.1) is 11.9 Å². The van der Waals surface area contributed by atoms with Crippen LogP contribution in [0.25, 0.3) is 5.69 Å². The Balaban J connectivity index is 1.49. The Morgan fingerprint density at radius 2 is 1.88 bits per heavy atom. The van der Waals surface area contributed by atoms with Crippen LogP contribution in [-0.4, -0.2) is 25.8 Å². The number of hydrogen-bond acceptors (Lipinski definition) is 3. The van der Waals surface area contributed by atoms with Crippen LogP contribution in [0.15, 0.2) is 60.9 Å². The zero-order valence-corrected chi connectivity index (χ0v) is 13.8. The van der Waals surface area contributed by atoms with Gasteiger partial charge >= 0.3 is 0 Å². The van der Waals surface area contributed by atoms with Gasteiger partial charge < -0.3 is 5.11 Å². The van der Waals surface area contributed by atoms with Crippen molar-refractivity contribution in [2.24, 2.45) is 0 Å². The minimum atomic E-state index is -0.266. The van der Waals surface area contributed by atoms with Gasteiger partial charge in [0.15, 0.2) is 0 Å². The van der Waals surface area contributed by atoms with E-state index in [1.165, 1.54) is 25.0 Å². The van der Waals surface area contributed by atoms with Gasteiger partial charge in [-0.2, -0.15) is 5.10 Å². The van der Waals surface area contributed by atoms with Crippen LogP contribution in [0.2, 0.25) is 0 Å². The summed E-state index contributed by atoms with van der Waals surface area (Å²) in [6, 6.07) is 14.4. The highest BCUT2D eigenvalue weighted by molar-refractivity contribution is 5.32. The van der Waals surface area contributed by atoms with Crippen molar-refractivity contribution in [2.45, 2.75) is 32.0 Å². The van der Waals surface area contributed by atoms with Gasteiger partial charge in [0.2, 0.25) is 0 Å². The number of hydrogen-bond donors (Lipinski definition) is 1. The van der Waals surface area contributed by atoms with Crippen LogP contribution in [0.5, 0.6) is 5.75 Å². The Morgan fingerprint density at radius 3 is 2.64 bits per heavy atom. The number of aromatic hydroxyl groups is 1. The third-order valence-electron chi connectivity index (χ3n) is 4.45. The van der Waals surface area contributed by atoms with Crippen LogP contribution in [0.1, 0.15) is 24.0 Å². The number of halogens is 1. The molecule has 0 saturated heterocycles. The van der Waals surface area contributed by atoms with Gasteiger partial charge in [-0.25, -0.2) is 9.07 Å². The normalized spacial score (nSPS) is 14.2. The van der Waals surface area contributed by atoms with Crippen molar-refractivity contribution in [3.63, 3.8) is 0 Å². The van der Waals surface area contributed by atoms with Gasteiger partial charge in [0, 0.05) is 30.9 Å². The quantitative estimate of drug-likeness (QED) is 0.742. The van der Waals surface area contributed by atoms with Gasteiger partial charge in [-0.15, -0.1) is 0 Å². The van der Waals surface area contributed by atoms with Crippen molar-refractivity contribution >= 4 is 0 Å². The van der Waals surface area contributed by atoms with Crippen molar-refractivity contribution in [3.8, 4) is 11.4 Å². The molecule has 4 nitrogen and oxygen atoms in total. The minimum absolute atomic E-state index is 0.266. The molecule has 1 fully saturated rings. The maximum absolute atomic E-state index is 13.4. The zero-order chi connectivity index (χ0) is 17.2. The summed E-state index contributed by atoms with van der Waals surface area (Å²) in [5.74, 6) is 0.0326. The Hall–Kier alpha value is -2.66. The first-order valence-corrected chi connectivity index (χ1v) is 8.49. The topological polar surface area (TPSA) is 41.3 Å². The van der Waals surface area contributed by atoms with Crippen molar-refractivity contribution < 1.29 is 9.50 Å². The smallest absolute Gasteiger partial charge is 0.125 e. The summed E-state index contributed by atoms with van der Waals surface area (Å²) in [7, 11) is 0. The molecule has 0 bridgehead atoms. The lowest BCUT2D eigenvalue weighted by atomic mass is 10.2. The van der Waals surface area contributed by atoms with Crippen molar-refractivity contribution in [3.05, 3.63) is 77.9 Å². The summed E-state index contributed by atoms with van der Waals surface area (Å²) in [5.41, 5.74) is 2.91.